The van der Waals surface area contributed by atoms with Crippen LogP contribution in [0.15, 0.2) is 46.9 Å². The van der Waals surface area contributed by atoms with Crippen LogP contribution in [0.25, 0.3) is 11.0 Å². The predicted octanol–water partition coefficient (Wildman–Crippen LogP) is 3.68. The molecule has 8 nitrogen and oxygen atoms in total. The molecular formula is C21H22N2O6. The van der Waals surface area contributed by atoms with Gasteiger partial charge in [-0.15, -0.1) is 0 Å². The van der Waals surface area contributed by atoms with E-state index in [0.717, 1.165) is 0 Å². The smallest absolute Gasteiger partial charge is 0.293 e. The number of hydrogen-bond donors (Lipinski definition) is 2. The van der Waals surface area contributed by atoms with E-state index in [1.807, 2.05) is 0 Å². The summed E-state index contributed by atoms with van der Waals surface area (Å²) in [5.41, 5.74) is 1.26. The van der Waals surface area contributed by atoms with Gasteiger partial charge in [-0.3, -0.25) is 9.59 Å². The molecule has 29 heavy (non-hydrogen) atoms. The van der Waals surface area contributed by atoms with Gasteiger partial charge in [0.1, 0.15) is 17.9 Å². The van der Waals surface area contributed by atoms with Gasteiger partial charge in [-0.1, -0.05) is 12.1 Å². The van der Waals surface area contributed by atoms with Crippen LogP contribution < -0.4 is 20.1 Å². The average Bonchev–Trinajstić information content (AvgIpc) is 3.10. The van der Waals surface area contributed by atoms with Crippen LogP contribution in [0.1, 0.15) is 17.5 Å². The number of fused-ring (bicyclic) bond motifs is 1. The van der Waals surface area contributed by atoms with Crippen molar-refractivity contribution in [3.8, 4) is 11.5 Å². The molecule has 2 amide bonds. The maximum absolute atomic E-state index is 12.9. The van der Waals surface area contributed by atoms with E-state index in [1.165, 1.54) is 14.2 Å². The average molecular weight is 398 g/mol. The van der Waals surface area contributed by atoms with E-state index in [-0.39, 0.29) is 18.3 Å². The molecule has 152 valence electrons. The molecule has 0 aliphatic carbocycles. The van der Waals surface area contributed by atoms with Crippen LogP contribution in [0.3, 0.4) is 0 Å². The number of rotatable bonds is 8. The molecule has 8 heteroatoms. The molecule has 0 saturated carbocycles. The number of furan rings is 1. The summed E-state index contributed by atoms with van der Waals surface area (Å²) >= 11 is 0. The summed E-state index contributed by atoms with van der Waals surface area (Å²) in [7, 11) is 3.04. The van der Waals surface area contributed by atoms with Crippen LogP contribution in [0.2, 0.25) is 0 Å². The minimum Gasteiger partial charge on any atom is -0.493 e. The molecule has 1 heterocycles. The fraction of sp³-hybridized carbons (Fsp3) is 0.238. The number of methoxy groups -OCH3 is 2. The molecule has 2 aromatic carbocycles. The lowest BCUT2D eigenvalue weighted by Crippen LogP contribution is -2.20. The molecule has 3 rings (SSSR count). The zero-order valence-electron chi connectivity index (χ0n) is 16.4. The maximum Gasteiger partial charge on any atom is 0.293 e. The molecule has 1 aromatic heterocycles. The minimum absolute atomic E-state index is 0.00849. The quantitative estimate of drug-likeness (QED) is 0.601. The second-order valence-corrected chi connectivity index (χ2v) is 6.01. The summed E-state index contributed by atoms with van der Waals surface area (Å²) < 4.78 is 21.3. The minimum atomic E-state index is -0.514. The fourth-order valence-electron chi connectivity index (χ4n) is 2.80. The molecule has 3 aromatic rings. The van der Waals surface area contributed by atoms with Gasteiger partial charge in [-0.25, -0.2) is 0 Å². The Morgan fingerprint density at radius 3 is 2.48 bits per heavy atom. The van der Waals surface area contributed by atoms with Gasteiger partial charge in [0.25, 0.3) is 5.91 Å². The van der Waals surface area contributed by atoms with E-state index >= 15 is 0 Å². The van der Waals surface area contributed by atoms with Crippen molar-refractivity contribution in [3.63, 3.8) is 0 Å². The van der Waals surface area contributed by atoms with Crippen molar-refractivity contribution in [1.82, 2.24) is 0 Å². The maximum atomic E-state index is 12.9. The first-order valence-electron chi connectivity index (χ1n) is 8.99. The van der Waals surface area contributed by atoms with E-state index in [9.17, 15) is 9.59 Å². The number of para-hydroxylation sites is 1. The lowest BCUT2D eigenvalue weighted by atomic mass is 10.2. The molecule has 2 N–H and O–H groups in total. The number of hydrogen-bond acceptors (Lipinski definition) is 6. The van der Waals surface area contributed by atoms with Gasteiger partial charge in [-0.2, -0.15) is 0 Å². The Morgan fingerprint density at radius 1 is 1.00 bits per heavy atom. The van der Waals surface area contributed by atoms with Gasteiger partial charge in [0.2, 0.25) is 11.7 Å². The molecular weight excluding hydrogens is 376 g/mol. The van der Waals surface area contributed by atoms with Crippen molar-refractivity contribution >= 4 is 34.2 Å². The fourth-order valence-corrected chi connectivity index (χ4v) is 2.80. The van der Waals surface area contributed by atoms with E-state index in [2.05, 4.69) is 10.6 Å². The Kier molecular flexibility index (Phi) is 6.36. The van der Waals surface area contributed by atoms with E-state index in [4.69, 9.17) is 18.6 Å². The molecule has 0 atom stereocenters. The normalized spacial score (nSPS) is 10.6. The summed E-state index contributed by atoms with van der Waals surface area (Å²) in [4.78, 5) is 25.1. The topological polar surface area (TPSA) is 99.0 Å². The number of carbonyl (C=O) groups is 2. The third kappa shape index (κ3) is 4.49. The van der Waals surface area contributed by atoms with Crippen molar-refractivity contribution in [2.24, 2.45) is 0 Å². The van der Waals surface area contributed by atoms with Crippen LogP contribution in [0.5, 0.6) is 11.5 Å². The van der Waals surface area contributed by atoms with E-state index in [1.54, 1.807) is 49.4 Å². The molecule has 0 spiro atoms. The number of anilines is 2. The van der Waals surface area contributed by atoms with Crippen LogP contribution in [0, 0.1) is 0 Å². The monoisotopic (exact) mass is 398 g/mol. The lowest BCUT2D eigenvalue weighted by molar-refractivity contribution is -0.120. The van der Waals surface area contributed by atoms with Crippen molar-refractivity contribution in [2.45, 2.75) is 6.92 Å². The molecule has 0 saturated heterocycles. The number of amides is 2. The zero-order valence-corrected chi connectivity index (χ0v) is 16.4. The summed E-state index contributed by atoms with van der Waals surface area (Å²) in [6.45, 7) is 2.08. The van der Waals surface area contributed by atoms with Gasteiger partial charge >= 0.3 is 0 Å². The van der Waals surface area contributed by atoms with Gasteiger partial charge in [0.05, 0.1) is 14.2 Å². The summed E-state index contributed by atoms with van der Waals surface area (Å²) in [5.74, 6) is 0.114. The van der Waals surface area contributed by atoms with Gasteiger partial charge in [-0.05, 0) is 31.2 Å². The van der Waals surface area contributed by atoms with Crippen LogP contribution in [-0.2, 0) is 9.53 Å². The van der Waals surface area contributed by atoms with Gasteiger partial charge in [0.15, 0.2) is 11.5 Å². The first kappa shape index (κ1) is 20.2. The van der Waals surface area contributed by atoms with Gasteiger partial charge < -0.3 is 29.3 Å². The number of benzene rings is 2. The molecule has 0 aliphatic rings. The Balaban J connectivity index is 1.91. The Hall–Kier alpha value is -3.52. The van der Waals surface area contributed by atoms with Crippen molar-refractivity contribution < 1.29 is 28.2 Å². The van der Waals surface area contributed by atoms with E-state index < -0.39 is 5.91 Å². The standard InChI is InChI=1S/C21H22N2O6/c1-4-28-12-18(24)23-19-14-7-5-6-8-15(14)29-20(19)21(25)22-13-9-10-16(26-2)17(11-13)27-3/h5-11H,4,12H2,1-3H3,(H,22,25)(H,23,24). The highest BCUT2D eigenvalue weighted by molar-refractivity contribution is 6.14. The van der Waals surface area contributed by atoms with Crippen molar-refractivity contribution in [2.75, 3.05) is 38.1 Å². The molecule has 0 aliphatic heterocycles. The van der Waals surface area contributed by atoms with Crippen LogP contribution in [0.4, 0.5) is 11.4 Å². The van der Waals surface area contributed by atoms with Crippen molar-refractivity contribution in [1.29, 1.82) is 0 Å². The first-order valence-corrected chi connectivity index (χ1v) is 8.99. The highest BCUT2D eigenvalue weighted by Crippen LogP contribution is 2.33. The third-order valence-electron chi connectivity index (χ3n) is 4.14. The summed E-state index contributed by atoms with van der Waals surface area (Å²) in [6.07, 6.45) is 0. The van der Waals surface area contributed by atoms with E-state index in [0.29, 0.717) is 40.4 Å². The predicted molar refractivity (Wildman–Crippen MR) is 109 cm³/mol. The van der Waals surface area contributed by atoms with Crippen molar-refractivity contribution in [3.05, 3.63) is 48.2 Å². The Morgan fingerprint density at radius 2 is 1.76 bits per heavy atom. The van der Waals surface area contributed by atoms with Crippen LogP contribution >= 0.6 is 0 Å². The second kappa shape index (κ2) is 9.11. The molecule has 0 fully saturated rings. The van der Waals surface area contributed by atoms with Gasteiger partial charge in [0, 0.05) is 23.7 Å². The second-order valence-electron chi connectivity index (χ2n) is 6.01. The SMILES string of the molecule is CCOCC(=O)Nc1c(C(=O)Nc2ccc(OC)c(OC)c2)oc2ccccc12. The molecule has 0 unspecified atom stereocenters. The molecule has 0 radical (unpaired) electrons. The number of carbonyl (C=O) groups excluding carboxylic acids is 2. The third-order valence-corrected chi connectivity index (χ3v) is 4.14. The number of ether oxygens (including phenoxy) is 3. The highest BCUT2D eigenvalue weighted by Gasteiger charge is 2.22. The largest absolute Gasteiger partial charge is 0.493 e. The first-order chi connectivity index (χ1) is 14.1. The lowest BCUT2D eigenvalue weighted by Gasteiger charge is -2.11. The molecule has 0 bridgehead atoms. The Bertz CT molecular complexity index is 1030. The number of nitrogens with one attached hydrogen (secondary N) is 2. The Labute approximate surface area is 167 Å². The summed E-state index contributed by atoms with van der Waals surface area (Å²) in [6, 6.07) is 12.1. The van der Waals surface area contributed by atoms with Crippen LogP contribution in [-0.4, -0.2) is 39.2 Å². The highest BCUT2D eigenvalue weighted by atomic mass is 16.5. The zero-order chi connectivity index (χ0) is 20.8. The summed E-state index contributed by atoms with van der Waals surface area (Å²) in [5, 5.41) is 6.08.